The van der Waals surface area contributed by atoms with Crippen molar-refractivity contribution >= 4 is 5.69 Å². The Bertz CT molecular complexity index is 843. The largest absolute Gasteiger partial charge is 0.493 e. The van der Waals surface area contributed by atoms with Gasteiger partial charge in [0.15, 0.2) is 0 Å². The maximum Gasteiger partial charge on any atom is 0.121 e. The van der Waals surface area contributed by atoms with Crippen LogP contribution in [-0.2, 0) is 0 Å². The molecule has 2 saturated carbocycles. The fraction of sp³-hybridized carbons (Fsp3) is 0.625. The van der Waals surface area contributed by atoms with E-state index in [9.17, 15) is 5.11 Å². The van der Waals surface area contributed by atoms with Crippen LogP contribution in [-0.4, -0.2) is 24.9 Å². The first-order chi connectivity index (χ1) is 17.7. The molecule has 2 aromatic rings. The average molecular weight is 496 g/mol. The lowest BCUT2D eigenvalue weighted by atomic mass is 9.90. The van der Waals surface area contributed by atoms with E-state index in [0.29, 0.717) is 0 Å². The second-order valence-corrected chi connectivity index (χ2v) is 10.6. The van der Waals surface area contributed by atoms with E-state index in [1.165, 1.54) is 64.2 Å². The van der Waals surface area contributed by atoms with Crippen LogP contribution in [0.2, 0.25) is 0 Å². The summed E-state index contributed by atoms with van der Waals surface area (Å²) in [6.45, 7) is 6.89. The van der Waals surface area contributed by atoms with Gasteiger partial charge in [0, 0.05) is 18.3 Å². The van der Waals surface area contributed by atoms with Crippen LogP contribution < -0.4 is 14.8 Å². The van der Waals surface area contributed by atoms with Gasteiger partial charge >= 0.3 is 0 Å². The highest BCUT2D eigenvalue weighted by atomic mass is 16.5. The molecule has 4 heteroatoms. The van der Waals surface area contributed by atoms with Crippen molar-refractivity contribution in [2.45, 2.75) is 97.0 Å². The topological polar surface area (TPSA) is 50.7 Å². The zero-order valence-electron chi connectivity index (χ0n) is 22.7. The molecule has 1 unspecified atom stereocenters. The predicted octanol–water partition coefficient (Wildman–Crippen LogP) is 8.56. The van der Waals surface area contributed by atoms with Gasteiger partial charge in [-0.25, -0.2) is 0 Å². The van der Waals surface area contributed by atoms with Gasteiger partial charge in [0.25, 0.3) is 0 Å². The molecular weight excluding hydrogens is 446 g/mol. The Kier molecular flexibility index (Phi) is 13.0. The van der Waals surface area contributed by atoms with Crippen LogP contribution in [0.4, 0.5) is 5.69 Å². The number of hydrogen-bond donors (Lipinski definition) is 2. The molecule has 1 atom stereocenters. The van der Waals surface area contributed by atoms with Gasteiger partial charge in [0.1, 0.15) is 11.5 Å². The van der Waals surface area contributed by atoms with Crippen LogP contribution >= 0.6 is 0 Å². The van der Waals surface area contributed by atoms with Gasteiger partial charge in [-0.15, -0.1) is 0 Å². The molecule has 4 rings (SSSR count). The third-order valence-electron chi connectivity index (χ3n) is 7.46. The molecule has 0 aliphatic heterocycles. The Labute approximate surface area is 219 Å². The molecule has 0 amide bonds. The first-order valence-electron chi connectivity index (χ1n) is 14.6. The monoisotopic (exact) mass is 495 g/mol. The fourth-order valence-corrected chi connectivity index (χ4v) is 5.15. The van der Waals surface area contributed by atoms with Gasteiger partial charge in [-0.05, 0) is 80.2 Å². The van der Waals surface area contributed by atoms with Gasteiger partial charge < -0.3 is 19.9 Å². The molecule has 0 aromatic heterocycles. The molecule has 2 aromatic carbocycles. The van der Waals surface area contributed by atoms with Crippen LogP contribution in [0.1, 0.15) is 103 Å². The van der Waals surface area contributed by atoms with Crippen molar-refractivity contribution < 1.29 is 14.6 Å². The van der Waals surface area contributed by atoms with Crippen molar-refractivity contribution in [2.24, 2.45) is 11.8 Å². The Morgan fingerprint density at radius 2 is 1.33 bits per heavy atom. The van der Waals surface area contributed by atoms with Crippen LogP contribution in [0.25, 0.3) is 0 Å². The zero-order chi connectivity index (χ0) is 25.4. The third kappa shape index (κ3) is 10.4. The number of hydrogen-bond acceptors (Lipinski definition) is 4. The highest BCUT2D eigenvalue weighted by Gasteiger charge is 2.15. The van der Waals surface area contributed by atoms with Crippen molar-refractivity contribution in [2.75, 3.05) is 25.1 Å². The number of benzene rings is 2. The number of aliphatic hydroxyl groups is 1. The van der Waals surface area contributed by atoms with Gasteiger partial charge in [-0.1, -0.05) is 70.6 Å². The smallest absolute Gasteiger partial charge is 0.121 e. The first-order valence-corrected chi connectivity index (χ1v) is 14.6. The minimum absolute atomic E-state index is 0.372. The van der Waals surface area contributed by atoms with Gasteiger partial charge in [-0.2, -0.15) is 0 Å². The van der Waals surface area contributed by atoms with Crippen LogP contribution in [0, 0.1) is 11.8 Å². The summed E-state index contributed by atoms with van der Waals surface area (Å²) >= 11 is 0. The van der Waals surface area contributed by atoms with Crippen molar-refractivity contribution in [1.82, 2.24) is 0 Å². The van der Waals surface area contributed by atoms with E-state index in [4.69, 9.17) is 9.47 Å². The summed E-state index contributed by atoms with van der Waals surface area (Å²) in [6.07, 6.45) is 15.1. The van der Waals surface area contributed by atoms with Crippen LogP contribution in [0.5, 0.6) is 11.5 Å². The van der Waals surface area contributed by atoms with Crippen molar-refractivity contribution in [3.63, 3.8) is 0 Å². The van der Waals surface area contributed by atoms with Crippen molar-refractivity contribution in [3.8, 4) is 11.5 Å². The summed E-state index contributed by atoms with van der Waals surface area (Å²) in [6, 6.07) is 16.2. The quantitative estimate of drug-likeness (QED) is 0.328. The minimum atomic E-state index is -0.372. The predicted molar refractivity (Wildman–Crippen MR) is 151 cm³/mol. The summed E-state index contributed by atoms with van der Waals surface area (Å²) in [5.41, 5.74) is 2.12. The Morgan fingerprint density at radius 3 is 1.89 bits per heavy atom. The van der Waals surface area contributed by atoms with E-state index in [0.717, 1.165) is 67.2 Å². The molecule has 0 bridgehead atoms. The molecule has 200 valence electrons. The molecule has 0 saturated heterocycles. The second-order valence-electron chi connectivity index (χ2n) is 10.6. The molecular formula is C32H49NO3. The normalized spacial score (nSPS) is 17.5. The molecule has 4 nitrogen and oxygen atoms in total. The average Bonchev–Trinajstić information content (AvgIpc) is 2.95. The number of anilines is 1. The summed E-state index contributed by atoms with van der Waals surface area (Å²) in [4.78, 5) is 0. The highest BCUT2D eigenvalue weighted by molar-refractivity contribution is 5.48. The van der Waals surface area contributed by atoms with Gasteiger partial charge in [-0.3, -0.25) is 0 Å². The molecule has 2 fully saturated rings. The molecule has 36 heavy (non-hydrogen) atoms. The molecule has 2 aliphatic rings. The maximum absolute atomic E-state index is 9.82. The van der Waals surface area contributed by atoms with Crippen LogP contribution in [0.3, 0.4) is 0 Å². The molecule has 0 radical (unpaired) electrons. The zero-order valence-corrected chi connectivity index (χ0v) is 22.7. The number of ether oxygens (including phenoxy) is 2. The lowest BCUT2D eigenvalue weighted by Gasteiger charge is -2.22. The highest BCUT2D eigenvalue weighted by Crippen LogP contribution is 2.27. The lowest BCUT2D eigenvalue weighted by Crippen LogP contribution is -2.15. The molecule has 2 aliphatic carbocycles. The Balaban J connectivity index is 0.000000201. The lowest BCUT2D eigenvalue weighted by molar-refractivity contribution is 0.172. The molecule has 0 spiro atoms. The standard InChI is InChI=1S/C16H25NO.C16H24O2/c1-2-11-17-15-9-6-10-16(12-15)18-13-14-7-4-3-5-8-14;1-2-16(17)14-9-6-10-15(11-14)18-12-13-7-4-3-5-8-13/h6,9-10,12,14,17H,2-5,7-8,11,13H2,1H3;6,9-11,13,16-17H,2-5,7-8,12H2,1H3. The first kappa shape index (κ1) is 28.4. The number of aliphatic hydroxyl groups excluding tert-OH is 1. The maximum atomic E-state index is 9.82. The van der Waals surface area contributed by atoms with E-state index < -0.39 is 0 Å². The van der Waals surface area contributed by atoms with E-state index in [1.54, 1.807) is 0 Å². The second kappa shape index (κ2) is 16.5. The van der Waals surface area contributed by atoms with E-state index in [1.807, 2.05) is 31.2 Å². The van der Waals surface area contributed by atoms with E-state index in [-0.39, 0.29) is 6.10 Å². The van der Waals surface area contributed by atoms with Crippen LogP contribution in [0.15, 0.2) is 48.5 Å². The minimum Gasteiger partial charge on any atom is -0.493 e. The fourth-order valence-electron chi connectivity index (χ4n) is 5.15. The number of nitrogens with one attached hydrogen (secondary N) is 1. The Morgan fingerprint density at radius 1 is 0.778 bits per heavy atom. The summed E-state index contributed by atoms with van der Waals surface area (Å²) in [5, 5.41) is 13.2. The van der Waals surface area contributed by atoms with Crippen molar-refractivity contribution in [1.29, 1.82) is 0 Å². The Hall–Kier alpha value is -2.20. The summed E-state index contributed by atoms with van der Waals surface area (Å²) in [7, 11) is 0. The summed E-state index contributed by atoms with van der Waals surface area (Å²) in [5.74, 6) is 3.39. The van der Waals surface area contributed by atoms with E-state index >= 15 is 0 Å². The van der Waals surface area contributed by atoms with Crippen molar-refractivity contribution in [3.05, 3.63) is 54.1 Å². The number of rotatable bonds is 11. The van der Waals surface area contributed by atoms with Gasteiger partial charge in [0.2, 0.25) is 0 Å². The third-order valence-corrected chi connectivity index (χ3v) is 7.46. The SMILES string of the molecule is CCC(O)c1cccc(OCC2CCCCC2)c1.CCCNc1cccc(OCC2CCCCC2)c1. The molecule has 0 heterocycles. The van der Waals surface area contributed by atoms with Gasteiger partial charge in [0.05, 0.1) is 19.3 Å². The van der Waals surface area contributed by atoms with E-state index in [2.05, 4.69) is 36.5 Å². The molecule has 2 N–H and O–H groups in total. The summed E-state index contributed by atoms with van der Waals surface area (Å²) < 4.78 is 11.8.